The van der Waals surface area contributed by atoms with Crippen LogP contribution in [0.25, 0.3) is 11.3 Å². The summed E-state index contributed by atoms with van der Waals surface area (Å²) >= 11 is 1.50. The molecule has 0 fully saturated rings. The van der Waals surface area contributed by atoms with Gasteiger partial charge in [0.25, 0.3) is 0 Å². The lowest BCUT2D eigenvalue weighted by Crippen LogP contribution is -2.13. The second kappa shape index (κ2) is 6.66. The zero-order valence-electron chi connectivity index (χ0n) is 12.8. The number of aromatic nitrogens is 2. The third-order valence-electron chi connectivity index (χ3n) is 3.36. The molecular weight excluding hydrogens is 311 g/mol. The Morgan fingerprint density at radius 3 is 2.48 bits per heavy atom. The van der Waals surface area contributed by atoms with E-state index in [1.165, 1.54) is 23.5 Å². The summed E-state index contributed by atoms with van der Waals surface area (Å²) in [7, 11) is 1.73. The summed E-state index contributed by atoms with van der Waals surface area (Å²) in [4.78, 5) is 9.06. The lowest BCUT2D eigenvalue weighted by molar-refractivity contribution is 0.628. The van der Waals surface area contributed by atoms with Crippen LogP contribution in [-0.2, 0) is 0 Å². The van der Waals surface area contributed by atoms with Crippen LogP contribution in [0.15, 0.2) is 64.3 Å². The fourth-order valence-electron chi connectivity index (χ4n) is 2.17. The Morgan fingerprint density at radius 2 is 1.83 bits per heavy atom. The molecule has 1 aromatic carbocycles. The monoisotopic (exact) mass is 326 g/mol. The smallest absolute Gasteiger partial charge is 0.205 e. The van der Waals surface area contributed by atoms with Crippen molar-refractivity contribution < 1.29 is 4.39 Å². The third kappa shape index (κ3) is 3.27. The van der Waals surface area contributed by atoms with Gasteiger partial charge in [-0.15, -0.1) is 11.3 Å². The second-order valence-electron chi connectivity index (χ2n) is 4.87. The van der Waals surface area contributed by atoms with Gasteiger partial charge in [-0.3, -0.25) is 9.98 Å². The Kier molecular flexibility index (Phi) is 4.43. The SMILES string of the molecule is CN=c1scc(-c2ccc(F)cc2)n1N=C(C)c1ccncc1. The highest BCUT2D eigenvalue weighted by molar-refractivity contribution is 7.07. The van der Waals surface area contributed by atoms with Crippen LogP contribution in [0.4, 0.5) is 4.39 Å². The molecule has 0 bridgehead atoms. The van der Waals surface area contributed by atoms with Gasteiger partial charge in [0.05, 0.1) is 11.4 Å². The zero-order valence-corrected chi connectivity index (χ0v) is 13.6. The summed E-state index contributed by atoms with van der Waals surface area (Å²) in [5, 5.41) is 6.66. The van der Waals surface area contributed by atoms with Gasteiger partial charge in [0.1, 0.15) is 5.82 Å². The number of halogens is 1. The minimum absolute atomic E-state index is 0.257. The topological polar surface area (TPSA) is 42.5 Å². The fraction of sp³-hybridized carbons (Fsp3) is 0.118. The van der Waals surface area contributed by atoms with Gasteiger partial charge in [-0.05, 0) is 43.3 Å². The van der Waals surface area contributed by atoms with Crippen molar-refractivity contribution in [2.45, 2.75) is 6.92 Å². The van der Waals surface area contributed by atoms with Crippen LogP contribution in [0.1, 0.15) is 12.5 Å². The standard InChI is InChI=1S/C17H15FN4S/c1-12(13-7-9-20-10-8-13)21-22-16(11-23-17(22)19-2)14-3-5-15(18)6-4-14/h3-11H,1-2H3. The first kappa shape index (κ1) is 15.3. The summed E-state index contributed by atoms with van der Waals surface area (Å²) in [5.74, 6) is -0.257. The summed E-state index contributed by atoms with van der Waals surface area (Å²) in [5.41, 5.74) is 3.61. The van der Waals surface area contributed by atoms with Crippen LogP contribution in [0.3, 0.4) is 0 Å². The number of thiazole rings is 1. The van der Waals surface area contributed by atoms with Crippen molar-refractivity contribution in [3.63, 3.8) is 0 Å². The third-order valence-corrected chi connectivity index (χ3v) is 4.27. The van der Waals surface area contributed by atoms with E-state index in [-0.39, 0.29) is 5.82 Å². The highest BCUT2D eigenvalue weighted by Gasteiger charge is 2.08. The van der Waals surface area contributed by atoms with Crippen LogP contribution in [-0.4, -0.2) is 22.4 Å². The molecule has 0 aliphatic carbocycles. The Balaban J connectivity index is 2.12. The molecule has 3 aromatic rings. The van der Waals surface area contributed by atoms with Crippen molar-refractivity contribution in [2.24, 2.45) is 10.1 Å². The average molecular weight is 326 g/mol. The van der Waals surface area contributed by atoms with Crippen LogP contribution >= 0.6 is 11.3 Å². The first-order valence-corrected chi connectivity index (χ1v) is 7.92. The van der Waals surface area contributed by atoms with Gasteiger partial charge >= 0.3 is 0 Å². The molecular formula is C17H15FN4S. The van der Waals surface area contributed by atoms with E-state index < -0.39 is 0 Å². The lowest BCUT2D eigenvalue weighted by atomic mass is 10.2. The van der Waals surface area contributed by atoms with Crippen LogP contribution in [0.5, 0.6) is 0 Å². The maximum Gasteiger partial charge on any atom is 0.205 e. The predicted octanol–water partition coefficient (Wildman–Crippen LogP) is 3.55. The zero-order chi connectivity index (χ0) is 16.2. The lowest BCUT2D eigenvalue weighted by Gasteiger charge is -2.06. The molecule has 23 heavy (non-hydrogen) atoms. The molecule has 4 nitrogen and oxygen atoms in total. The van der Waals surface area contributed by atoms with E-state index in [9.17, 15) is 4.39 Å². The molecule has 6 heteroatoms. The van der Waals surface area contributed by atoms with Gasteiger partial charge in [-0.25, -0.2) is 9.07 Å². The number of benzene rings is 1. The Morgan fingerprint density at radius 1 is 1.13 bits per heavy atom. The molecule has 0 spiro atoms. The molecule has 0 aliphatic rings. The Hall–Kier alpha value is -2.60. The first-order chi connectivity index (χ1) is 11.2. The highest BCUT2D eigenvalue weighted by Crippen LogP contribution is 2.20. The summed E-state index contributed by atoms with van der Waals surface area (Å²) < 4.78 is 14.9. The number of nitrogens with zero attached hydrogens (tertiary/aromatic N) is 4. The summed E-state index contributed by atoms with van der Waals surface area (Å²) in [6, 6.07) is 10.2. The first-order valence-electron chi connectivity index (χ1n) is 7.04. The van der Waals surface area contributed by atoms with Gasteiger partial charge in [0.15, 0.2) is 0 Å². The summed E-state index contributed by atoms with van der Waals surface area (Å²) in [6.07, 6.45) is 3.47. The van der Waals surface area contributed by atoms with Crippen LogP contribution in [0, 0.1) is 5.82 Å². The Bertz CT molecular complexity index is 892. The van der Waals surface area contributed by atoms with E-state index in [1.54, 1.807) is 36.3 Å². The number of rotatable bonds is 3. The van der Waals surface area contributed by atoms with Crippen molar-refractivity contribution in [2.75, 3.05) is 7.05 Å². The minimum atomic E-state index is -0.257. The van der Waals surface area contributed by atoms with E-state index in [4.69, 9.17) is 0 Å². The van der Waals surface area contributed by atoms with Crippen LogP contribution in [0.2, 0.25) is 0 Å². The van der Waals surface area contributed by atoms with Crippen molar-refractivity contribution >= 4 is 17.0 Å². The number of pyridine rings is 1. The molecule has 0 N–H and O–H groups in total. The van der Waals surface area contributed by atoms with Gasteiger partial charge < -0.3 is 0 Å². The highest BCUT2D eigenvalue weighted by atomic mass is 32.1. The molecule has 0 atom stereocenters. The van der Waals surface area contributed by atoms with Gasteiger partial charge in [-0.2, -0.15) is 5.10 Å². The van der Waals surface area contributed by atoms with E-state index in [0.29, 0.717) is 0 Å². The van der Waals surface area contributed by atoms with E-state index in [1.807, 2.05) is 24.4 Å². The van der Waals surface area contributed by atoms with Crippen LogP contribution < -0.4 is 4.80 Å². The minimum Gasteiger partial charge on any atom is -0.265 e. The molecule has 116 valence electrons. The number of hydrogen-bond acceptors (Lipinski definition) is 4. The molecule has 2 aromatic heterocycles. The van der Waals surface area contributed by atoms with Crippen molar-refractivity contribution in [1.29, 1.82) is 0 Å². The van der Waals surface area contributed by atoms with Gasteiger partial charge in [0, 0.05) is 35.9 Å². The maximum atomic E-state index is 13.1. The van der Waals surface area contributed by atoms with E-state index in [0.717, 1.165) is 27.3 Å². The molecule has 0 radical (unpaired) electrons. The normalized spacial score (nSPS) is 12.7. The average Bonchev–Trinajstić information content (AvgIpc) is 2.99. The van der Waals surface area contributed by atoms with Crippen molar-refractivity contribution in [3.8, 4) is 11.3 Å². The van der Waals surface area contributed by atoms with Gasteiger partial charge in [0.2, 0.25) is 4.80 Å². The molecule has 2 heterocycles. The second-order valence-corrected chi connectivity index (χ2v) is 5.70. The quantitative estimate of drug-likeness (QED) is 0.679. The van der Waals surface area contributed by atoms with E-state index >= 15 is 0 Å². The molecule has 0 amide bonds. The number of hydrogen-bond donors (Lipinski definition) is 0. The largest absolute Gasteiger partial charge is 0.265 e. The molecule has 0 aliphatic heterocycles. The van der Waals surface area contributed by atoms with E-state index in [2.05, 4.69) is 15.1 Å². The molecule has 3 rings (SSSR count). The molecule has 0 saturated carbocycles. The van der Waals surface area contributed by atoms with Crippen molar-refractivity contribution in [1.82, 2.24) is 9.66 Å². The maximum absolute atomic E-state index is 13.1. The van der Waals surface area contributed by atoms with Crippen molar-refractivity contribution in [3.05, 3.63) is 70.4 Å². The molecule has 0 saturated heterocycles. The summed E-state index contributed by atoms with van der Waals surface area (Å²) in [6.45, 7) is 1.94. The Labute approximate surface area is 137 Å². The fourth-order valence-corrected chi connectivity index (χ4v) is 2.96. The molecule has 0 unspecified atom stereocenters. The van der Waals surface area contributed by atoms with Gasteiger partial charge in [-0.1, -0.05) is 0 Å². The predicted molar refractivity (Wildman–Crippen MR) is 91.0 cm³/mol.